The van der Waals surface area contributed by atoms with Crippen molar-refractivity contribution in [1.82, 2.24) is 14.5 Å². The Hall–Kier alpha value is -2.73. The molecular formula is C23H15Cl2N3OS. The monoisotopic (exact) mass is 451 g/mol. The molecule has 4 nitrogen and oxygen atoms in total. The van der Waals surface area contributed by atoms with Crippen molar-refractivity contribution >= 4 is 56.9 Å². The van der Waals surface area contributed by atoms with Gasteiger partial charge in [-0.15, -0.1) is 0 Å². The van der Waals surface area contributed by atoms with E-state index in [9.17, 15) is 4.79 Å². The number of aromatic amines is 1. The molecule has 0 radical (unpaired) electrons. The first-order valence-corrected chi connectivity index (χ1v) is 11.0. The highest BCUT2D eigenvalue weighted by molar-refractivity contribution is 7.98. The third kappa shape index (κ3) is 3.39. The lowest BCUT2D eigenvalue weighted by molar-refractivity contribution is 0.819. The van der Waals surface area contributed by atoms with Crippen LogP contribution in [-0.2, 0) is 5.75 Å². The van der Waals surface area contributed by atoms with Crippen molar-refractivity contribution in [2.75, 3.05) is 0 Å². The maximum absolute atomic E-state index is 13.5. The number of hydrogen-bond acceptors (Lipinski definition) is 3. The number of halogens is 2. The molecule has 0 amide bonds. The number of nitrogens with one attached hydrogen (secondary N) is 1. The fraction of sp³-hybridized carbons (Fsp3) is 0.0435. The fourth-order valence-corrected chi connectivity index (χ4v) is 4.92. The van der Waals surface area contributed by atoms with Gasteiger partial charge in [-0.25, -0.2) is 4.98 Å². The predicted molar refractivity (Wildman–Crippen MR) is 125 cm³/mol. The van der Waals surface area contributed by atoms with E-state index in [0.717, 1.165) is 16.5 Å². The van der Waals surface area contributed by atoms with Crippen molar-refractivity contribution in [3.63, 3.8) is 0 Å². The Balaban J connectivity index is 1.73. The van der Waals surface area contributed by atoms with E-state index in [1.165, 1.54) is 11.8 Å². The second-order valence-corrected chi connectivity index (χ2v) is 8.58. The molecule has 0 aliphatic rings. The Morgan fingerprint density at radius 2 is 1.77 bits per heavy atom. The van der Waals surface area contributed by atoms with E-state index in [1.54, 1.807) is 16.7 Å². The Kier molecular flexibility index (Phi) is 5.03. The van der Waals surface area contributed by atoms with E-state index in [0.29, 0.717) is 37.7 Å². The lowest BCUT2D eigenvalue weighted by Gasteiger charge is -2.13. The molecule has 0 saturated heterocycles. The summed E-state index contributed by atoms with van der Waals surface area (Å²) < 4.78 is 1.60. The highest BCUT2D eigenvalue weighted by atomic mass is 35.5. The first-order chi connectivity index (χ1) is 14.6. The summed E-state index contributed by atoms with van der Waals surface area (Å²) in [7, 11) is 0. The first kappa shape index (κ1) is 19.2. The summed E-state index contributed by atoms with van der Waals surface area (Å²) in [5.74, 6) is 0.584. The summed E-state index contributed by atoms with van der Waals surface area (Å²) in [6.45, 7) is 0. The van der Waals surface area contributed by atoms with Gasteiger partial charge in [-0.1, -0.05) is 77.4 Å². The van der Waals surface area contributed by atoms with Gasteiger partial charge in [-0.2, -0.15) is 0 Å². The molecule has 3 aromatic carbocycles. The van der Waals surface area contributed by atoms with Crippen LogP contribution in [0.3, 0.4) is 0 Å². The second-order valence-electron chi connectivity index (χ2n) is 6.79. The molecule has 2 heterocycles. The number of benzene rings is 3. The van der Waals surface area contributed by atoms with Crippen LogP contribution in [-0.4, -0.2) is 14.5 Å². The largest absolute Gasteiger partial charge is 0.349 e. The minimum absolute atomic E-state index is 0.167. The summed E-state index contributed by atoms with van der Waals surface area (Å²) in [6, 6.07) is 22.7. The van der Waals surface area contributed by atoms with Gasteiger partial charge in [0.05, 0.1) is 5.69 Å². The van der Waals surface area contributed by atoms with Crippen molar-refractivity contribution in [3.05, 3.63) is 98.8 Å². The number of aromatic nitrogens is 3. The molecule has 0 fully saturated rings. The van der Waals surface area contributed by atoms with E-state index in [4.69, 9.17) is 28.2 Å². The number of fused-ring (bicyclic) bond motifs is 3. The predicted octanol–water partition coefficient (Wildman–Crippen LogP) is 6.47. The smallest absolute Gasteiger partial charge is 0.283 e. The van der Waals surface area contributed by atoms with Crippen LogP contribution in [0.2, 0.25) is 10.0 Å². The lowest BCUT2D eigenvalue weighted by Crippen LogP contribution is -2.21. The molecule has 5 rings (SSSR count). The van der Waals surface area contributed by atoms with Crippen molar-refractivity contribution in [2.24, 2.45) is 0 Å². The molecule has 0 bridgehead atoms. The average molecular weight is 452 g/mol. The van der Waals surface area contributed by atoms with Crippen LogP contribution in [0, 0.1) is 0 Å². The number of rotatable bonds is 4. The minimum atomic E-state index is -0.167. The van der Waals surface area contributed by atoms with Gasteiger partial charge in [0.15, 0.2) is 5.16 Å². The molecule has 0 unspecified atom stereocenters. The quantitative estimate of drug-likeness (QED) is 0.251. The van der Waals surface area contributed by atoms with E-state index < -0.39 is 0 Å². The van der Waals surface area contributed by atoms with Crippen LogP contribution in [0.4, 0.5) is 0 Å². The van der Waals surface area contributed by atoms with Crippen LogP contribution >= 0.6 is 35.0 Å². The molecule has 0 atom stereocenters. The molecule has 0 aliphatic heterocycles. The maximum Gasteiger partial charge on any atom is 0.283 e. The molecule has 30 heavy (non-hydrogen) atoms. The minimum Gasteiger partial charge on any atom is -0.349 e. The van der Waals surface area contributed by atoms with Gasteiger partial charge in [0.1, 0.15) is 11.0 Å². The summed E-state index contributed by atoms with van der Waals surface area (Å²) in [4.78, 5) is 21.6. The Bertz CT molecular complexity index is 1460. The van der Waals surface area contributed by atoms with E-state index in [2.05, 4.69) is 4.98 Å². The van der Waals surface area contributed by atoms with Gasteiger partial charge in [-0.3, -0.25) is 9.36 Å². The van der Waals surface area contributed by atoms with E-state index in [1.807, 2.05) is 60.7 Å². The van der Waals surface area contributed by atoms with Gasteiger partial charge >= 0.3 is 0 Å². The van der Waals surface area contributed by atoms with Crippen molar-refractivity contribution in [3.8, 4) is 5.69 Å². The van der Waals surface area contributed by atoms with Crippen LogP contribution in [0.1, 0.15) is 5.56 Å². The van der Waals surface area contributed by atoms with Crippen LogP contribution in [0.5, 0.6) is 0 Å². The van der Waals surface area contributed by atoms with E-state index >= 15 is 0 Å². The topological polar surface area (TPSA) is 50.7 Å². The molecular weight excluding hydrogens is 437 g/mol. The first-order valence-electron chi connectivity index (χ1n) is 9.27. The highest BCUT2D eigenvalue weighted by Gasteiger charge is 2.17. The number of hydrogen-bond donors (Lipinski definition) is 1. The highest BCUT2D eigenvalue weighted by Crippen LogP contribution is 2.30. The normalized spacial score (nSPS) is 11.4. The molecule has 5 aromatic rings. The molecule has 2 aromatic heterocycles. The third-order valence-electron chi connectivity index (χ3n) is 4.88. The SMILES string of the molecule is O=c1c2[nH]c3ccccc3c2nc(SCc2ccccc2Cl)n1-c1cccc(Cl)c1. The average Bonchev–Trinajstić information content (AvgIpc) is 3.12. The molecule has 0 saturated carbocycles. The standard InChI is InChI=1S/C23H15Cl2N3OS/c24-15-7-5-8-16(12-15)28-22(29)21-20(17-9-2-4-11-19(17)26-21)27-23(28)30-13-14-6-1-3-10-18(14)25/h1-12,26H,13H2. The summed E-state index contributed by atoms with van der Waals surface area (Å²) in [5.41, 5.74) is 3.49. The van der Waals surface area contributed by atoms with Gasteiger partial charge in [-0.05, 0) is 35.9 Å². The molecule has 1 N–H and O–H groups in total. The summed E-state index contributed by atoms with van der Waals surface area (Å²) >= 11 is 14.0. The number of nitrogens with zero attached hydrogens (tertiary/aromatic N) is 2. The molecule has 7 heteroatoms. The lowest BCUT2D eigenvalue weighted by atomic mass is 10.2. The third-order valence-corrected chi connectivity index (χ3v) is 6.47. The Morgan fingerprint density at radius 3 is 2.60 bits per heavy atom. The van der Waals surface area contributed by atoms with Crippen molar-refractivity contribution < 1.29 is 0 Å². The Labute approximate surface area is 186 Å². The fourth-order valence-electron chi connectivity index (χ4n) is 3.44. The van der Waals surface area contributed by atoms with Crippen LogP contribution < -0.4 is 5.56 Å². The Morgan fingerprint density at radius 1 is 0.967 bits per heavy atom. The van der Waals surface area contributed by atoms with Gasteiger partial charge in [0, 0.05) is 26.7 Å². The molecule has 0 aliphatic carbocycles. The zero-order valence-electron chi connectivity index (χ0n) is 15.6. The van der Waals surface area contributed by atoms with Gasteiger partial charge in [0.2, 0.25) is 0 Å². The molecule has 0 spiro atoms. The van der Waals surface area contributed by atoms with Gasteiger partial charge < -0.3 is 4.98 Å². The zero-order chi connectivity index (χ0) is 20.7. The van der Waals surface area contributed by atoms with Crippen molar-refractivity contribution in [1.29, 1.82) is 0 Å². The summed E-state index contributed by atoms with van der Waals surface area (Å²) in [5, 5.41) is 2.75. The number of thioether (sulfide) groups is 1. The summed E-state index contributed by atoms with van der Waals surface area (Å²) in [6.07, 6.45) is 0. The maximum atomic E-state index is 13.5. The van der Waals surface area contributed by atoms with Gasteiger partial charge in [0.25, 0.3) is 5.56 Å². The zero-order valence-corrected chi connectivity index (χ0v) is 17.9. The number of para-hydroxylation sites is 1. The number of H-pyrrole nitrogens is 1. The molecule has 148 valence electrons. The van der Waals surface area contributed by atoms with Crippen molar-refractivity contribution in [2.45, 2.75) is 10.9 Å². The van der Waals surface area contributed by atoms with E-state index in [-0.39, 0.29) is 5.56 Å². The van der Waals surface area contributed by atoms with Crippen LogP contribution in [0.25, 0.3) is 27.6 Å². The second kappa shape index (κ2) is 7.84. The van der Waals surface area contributed by atoms with Crippen LogP contribution in [0.15, 0.2) is 82.7 Å².